The number of imidazole rings is 1. The Morgan fingerprint density at radius 3 is 2.32 bits per heavy atom. The molecular formula is C18H29N5O2. The van der Waals surface area contributed by atoms with E-state index in [4.69, 9.17) is 4.98 Å². The zero-order chi connectivity index (χ0) is 18.3. The predicted molar refractivity (Wildman–Crippen MR) is 98.7 cm³/mol. The van der Waals surface area contributed by atoms with Gasteiger partial charge in [-0.1, -0.05) is 20.8 Å². The zero-order valence-electron chi connectivity index (χ0n) is 15.9. The third-order valence-electron chi connectivity index (χ3n) is 5.18. The first-order chi connectivity index (χ1) is 11.8. The number of likely N-dealkylation sites (tertiary alicyclic amines) is 1. The first-order valence-electron chi connectivity index (χ1n) is 9.20. The lowest BCUT2D eigenvalue weighted by Crippen LogP contribution is -2.39. The van der Waals surface area contributed by atoms with Crippen molar-refractivity contribution in [1.29, 1.82) is 0 Å². The molecule has 25 heavy (non-hydrogen) atoms. The van der Waals surface area contributed by atoms with Gasteiger partial charge in [0.25, 0.3) is 5.56 Å². The van der Waals surface area contributed by atoms with Gasteiger partial charge in [-0.2, -0.15) is 0 Å². The highest BCUT2D eigenvalue weighted by atomic mass is 16.2. The molecule has 1 fully saturated rings. The van der Waals surface area contributed by atoms with Crippen molar-refractivity contribution in [1.82, 2.24) is 23.6 Å². The Hall–Kier alpha value is -1.89. The monoisotopic (exact) mass is 347 g/mol. The van der Waals surface area contributed by atoms with E-state index < -0.39 is 0 Å². The number of fused-ring (bicyclic) bond motifs is 1. The van der Waals surface area contributed by atoms with Gasteiger partial charge in [0.1, 0.15) is 5.82 Å². The highest BCUT2D eigenvalue weighted by molar-refractivity contribution is 5.71. The maximum absolute atomic E-state index is 12.7. The van der Waals surface area contributed by atoms with Crippen LogP contribution >= 0.6 is 0 Å². The first kappa shape index (κ1) is 17.9. The van der Waals surface area contributed by atoms with Gasteiger partial charge in [0, 0.05) is 33.7 Å². The Labute approximate surface area is 147 Å². The van der Waals surface area contributed by atoms with Crippen LogP contribution in [0.2, 0.25) is 0 Å². The highest BCUT2D eigenvalue weighted by Crippen LogP contribution is 2.23. The average Bonchev–Trinajstić information content (AvgIpc) is 2.89. The first-order valence-corrected chi connectivity index (χ1v) is 9.20. The normalized spacial score (nSPS) is 22.0. The molecule has 138 valence electrons. The van der Waals surface area contributed by atoms with Crippen LogP contribution in [0.3, 0.4) is 0 Å². The standard InChI is InChI=1S/C18H29N5O2/c1-6-7-23-14(11-22-9-12(2)8-13(3)10-22)19-16-15(23)17(24)21(5)18(25)20(16)4/h12-13H,6-11H2,1-5H3. The van der Waals surface area contributed by atoms with Crippen molar-refractivity contribution in [3.8, 4) is 0 Å². The molecule has 2 aromatic heterocycles. The molecule has 0 aliphatic carbocycles. The SMILES string of the molecule is CCCn1c(CN2CC(C)CC(C)C2)nc2c1c(=O)n(C)c(=O)n2C. The number of hydrogen-bond donors (Lipinski definition) is 0. The van der Waals surface area contributed by atoms with Crippen LogP contribution in [0, 0.1) is 11.8 Å². The Morgan fingerprint density at radius 2 is 1.72 bits per heavy atom. The van der Waals surface area contributed by atoms with Gasteiger partial charge in [0.15, 0.2) is 11.2 Å². The van der Waals surface area contributed by atoms with Crippen molar-refractivity contribution in [2.75, 3.05) is 13.1 Å². The number of aromatic nitrogens is 4. The summed E-state index contributed by atoms with van der Waals surface area (Å²) in [5.74, 6) is 2.23. The molecule has 7 nitrogen and oxygen atoms in total. The molecule has 0 aromatic carbocycles. The molecular weight excluding hydrogens is 318 g/mol. The Morgan fingerprint density at radius 1 is 1.08 bits per heavy atom. The third kappa shape index (κ3) is 3.17. The Kier molecular flexibility index (Phi) is 4.86. The highest BCUT2D eigenvalue weighted by Gasteiger charge is 2.25. The molecule has 7 heteroatoms. The molecule has 0 bridgehead atoms. The van der Waals surface area contributed by atoms with Crippen molar-refractivity contribution in [2.24, 2.45) is 25.9 Å². The Balaban J connectivity index is 2.10. The summed E-state index contributed by atoms with van der Waals surface area (Å²) >= 11 is 0. The molecule has 0 spiro atoms. The molecule has 0 saturated carbocycles. The van der Waals surface area contributed by atoms with E-state index in [0.29, 0.717) is 23.0 Å². The minimum Gasteiger partial charge on any atom is -0.321 e. The second kappa shape index (κ2) is 6.78. The molecule has 2 atom stereocenters. The Bertz CT molecular complexity index is 881. The lowest BCUT2D eigenvalue weighted by atomic mass is 9.92. The summed E-state index contributed by atoms with van der Waals surface area (Å²) in [7, 11) is 3.21. The van der Waals surface area contributed by atoms with E-state index in [1.165, 1.54) is 22.6 Å². The van der Waals surface area contributed by atoms with E-state index in [-0.39, 0.29) is 11.2 Å². The van der Waals surface area contributed by atoms with Gasteiger partial charge in [-0.25, -0.2) is 9.78 Å². The number of nitrogens with zero attached hydrogens (tertiary/aromatic N) is 5. The van der Waals surface area contributed by atoms with Gasteiger partial charge in [0.2, 0.25) is 0 Å². The van der Waals surface area contributed by atoms with Crippen LogP contribution in [-0.2, 0) is 27.2 Å². The van der Waals surface area contributed by atoms with Gasteiger partial charge in [0.05, 0.1) is 6.54 Å². The second-order valence-corrected chi connectivity index (χ2v) is 7.70. The summed E-state index contributed by atoms with van der Waals surface area (Å²) in [6.07, 6.45) is 2.17. The van der Waals surface area contributed by atoms with Gasteiger partial charge in [-0.15, -0.1) is 0 Å². The fraction of sp³-hybridized carbons (Fsp3) is 0.722. The van der Waals surface area contributed by atoms with E-state index in [1.807, 2.05) is 4.57 Å². The van der Waals surface area contributed by atoms with E-state index >= 15 is 0 Å². The number of rotatable bonds is 4. The molecule has 2 aromatic rings. The molecule has 0 N–H and O–H groups in total. The smallest absolute Gasteiger partial charge is 0.321 e. The van der Waals surface area contributed by atoms with Crippen LogP contribution in [0.5, 0.6) is 0 Å². The lowest BCUT2D eigenvalue weighted by molar-refractivity contribution is 0.130. The molecule has 3 heterocycles. The molecule has 0 radical (unpaired) electrons. The molecule has 1 aliphatic rings. The van der Waals surface area contributed by atoms with Crippen molar-refractivity contribution in [3.05, 3.63) is 26.7 Å². The van der Waals surface area contributed by atoms with E-state index in [1.54, 1.807) is 7.05 Å². The van der Waals surface area contributed by atoms with Crippen molar-refractivity contribution >= 4 is 11.2 Å². The van der Waals surface area contributed by atoms with Crippen LogP contribution < -0.4 is 11.2 Å². The third-order valence-corrected chi connectivity index (χ3v) is 5.18. The molecule has 0 amide bonds. The van der Waals surface area contributed by atoms with E-state index in [0.717, 1.165) is 38.4 Å². The van der Waals surface area contributed by atoms with Gasteiger partial charge >= 0.3 is 5.69 Å². The topological polar surface area (TPSA) is 65.1 Å². The second-order valence-electron chi connectivity index (χ2n) is 7.70. The summed E-state index contributed by atoms with van der Waals surface area (Å²) in [6.45, 7) is 10.2. The van der Waals surface area contributed by atoms with Crippen LogP contribution in [0.1, 0.15) is 39.4 Å². The molecule has 2 unspecified atom stereocenters. The van der Waals surface area contributed by atoms with Crippen LogP contribution in [0.4, 0.5) is 0 Å². The predicted octanol–water partition coefficient (Wildman–Crippen LogP) is 1.32. The quantitative estimate of drug-likeness (QED) is 0.837. The summed E-state index contributed by atoms with van der Waals surface area (Å²) in [5, 5.41) is 0. The number of aryl methyl sites for hydroxylation is 2. The van der Waals surface area contributed by atoms with Gasteiger partial charge in [-0.3, -0.25) is 18.8 Å². The minimum atomic E-state index is -0.328. The molecule has 1 saturated heterocycles. The van der Waals surface area contributed by atoms with Crippen molar-refractivity contribution in [3.63, 3.8) is 0 Å². The maximum Gasteiger partial charge on any atom is 0.332 e. The fourth-order valence-electron chi connectivity index (χ4n) is 4.20. The summed E-state index contributed by atoms with van der Waals surface area (Å²) in [5.41, 5.74) is 0.449. The van der Waals surface area contributed by atoms with Crippen molar-refractivity contribution < 1.29 is 0 Å². The number of piperidine rings is 1. The number of hydrogen-bond acceptors (Lipinski definition) is 4. The summed E-state index contributed by atoms with van der Waals surface area (Å²) in [6, 6.07) is 0. The van der Waals surface area contributed by atoms with Gasteiger partial charge in [-0.05, 0) is 24.7 Å². The fourth-order valence-corrected chi connectivity index (χ4v) is 4.20. The minimum absolute atomic E-state index is 0.259. The van der Waals surface area contributed by atoms with E-state index in [2.05, 4.69) is 25.7 Å². The van der Waals surface area contributed by atoms with Gasteiger partial charge < -0.3 is 4.57 Å². The van der Waals surface area contributed by atoms with Crippen molar-refractivity contribution in [2.45, 2.75) is 46.7 Å². The average molecular weight is 347 g/mol. The van der Waals surface area contributed by atoms with Crippen LogP contribution in [0.25, 0.3) is 11.2 Å². The lowest BCUT2D eigenvalue weighted by Gasteiger charge is -2.34. The van der Waals surface area contributed by atoms with E-state index in [9.17, 15) is 9.59 Å². The largest absolute Gasteiger partial charge is 0.332 e. The zero-order valence-corrected chi connectivity index (χ0v) is 15.9. The molecule has 3 rings (SSSR count). The molecule has 1 aliphatic heterocycles. The summed E-state index contributed by atoms with van der Waals surface area (Å²) < 4.78 is 4.67. The maximum atomic E-state index is 12.7. The van der Waals surface area contributed by atoms with Crippen LogP contribution in [-0.4, -0.2) is 36.7 Å². The summed E-state index contributed by atoms with van der Waals surface area (Å²) in [4.78, 5) is 32.0. The van der Waals surface area contributed by atoms with Crippen LogP contribution in [0.15, 0.2) is 9.59 Å².